The monoisotopic (exact) mass is 605 g/mol. The second-order valence-corrected chi connectivity index (χ2v) is 12.0. The lowest BCUT2D eigenvalue weighted by atomic mass is 9.94. The molecule has 0 fully saturated rings. The van der Waals surface area contributed by atoms with Crippen molar-refractivity contribution < 1.29 is 4.42 Å². The van der Waals surface area contributed by atoms with Crippen molar-refractivity contribution in [2.75, 3.05) is 0 Å². The maximum atomic E-state index is 6.42. The number of amidine groups is 1. The van der Waals surface area contributed by atoms with Gasteiger partial charge in [-0.1, -0.05) is 140 Å². The van der Waals surface area contributed by atoms with Crippen LogP contribution in [0.1, 0.15) is 29.0 Å². The van der Waals surface area contributed by atoms with E-state index in [0.717, 1.165) is 55.6 Å². The second-order valence-electron chi connectivity index (χ2n) is 12.0. The molecule has 1 aromatic heterocycles. The average Bonchev–Trinajstić information content (AvgIpc) is 3.53. The van der Waals surface area contributed by atoms with E-state index in [-0.39, 0.29) is 12.3 Å². The van der Waals surface area contributed by atoms with Gasteiger partial charge in [0.2, 0.25) is 0 Å². The Morgan fingerprint density at radius 2 is 1.17 bits per heavy atom. The fourth-order valence-corrected chi connectivity index (χ4v) is 6.88. The number of hydrogen-bond acceptors (Lipinski definition) is 4. The van der Waals surface area contributed by atoms with Crippen LogP contribution in [-0.2, 0) is 0 Å². The topological polar surface area (TPSA) is 49.6 Å². The normalized spacial score (nSPS) is 16.3. The molecule has 2 heterocycles. The Labute approximate surface area is 273 Å². The van der Waals surface area contributed by atoms with Gasteiger partial charge in [0, 0.05) is 16.3 Å². The zero-order chi connectivity index (χ0) is 31.2. The van der Waals surface area contributed by atoms with Gasteiger partial charge in [-0.25, -0.2) is 4.99 Å². The minimum absolute atomic E-state index is 0.0914. The summed E-state index contributed by atoms with van der Waals surface area (Å²) in [5.74, 6) is 0.873. The molecule has 9 rings (SSSR count). The van der Waals surface area contributed by atoms with Crippen LogP contribution in [0.4, 0.5) is 0 Å². The first-order chi connectivity index (χ1) is 23.3. The molecular formula is C43H31N3O. The van der Waals surface area contributed by atoms with Gasteiger partial charge in [0.25, 0.3) is 0 Å². The Balaban J connectivity index is 1.16. The number of nitrogens with zero attached hydrogens (tertiary/aromatic N) is 1. The maximum absolute atomic E-state index is 6.42. The average molecular weight is 606 g/mol. The summed E-state index contributed by atoms with van der Waals surface area (Å²) in [5.41, 5.74) is 9.74. The van der Waals surface area contributed by atoms with Gasteiger partial charge in [-0.3, -0.25) is 5.32 Å². The molecule has 2 N–H and O–H groups in total. The third-order valence-electron chi connectivity index (χ3n) is 9.15. The van der Waals surface area contributed by atoms with Crippen molar-refractivity contribution in [1.29, 1.82) is 0 Å². The van der Waals surface area contributed by atoms with Crippen LogP contribution in [0.2, 0.25) is 0 Å². The fourth-order valence-electron chi connectivity index (χ4n) is 6.88. The van der Waals surface area contributed by atoms with Crippen molar-refractivity contribution >= 4 is 38.5 Å². The van der Waals surface area contributed by atoms with Gasteiger partial charge in [-0.05, 0) is 68.4 Å². The third-order valence-corrected chi connectivity index (χ3v) is 9.15. The number of nitrogens with one attached hydrogen (secondary N) is 2. The first-order valence-electron chi connectivity index (χ1n) is 16.0. The Morgan fingerprint density at radius 3 is 2.06 bits per heavy atom. The number of hydrogen-bond donors (Lipinski definition) is 2. The number of furan rings is 1. The van der Waals surface area contributed by atoms with Crippen LogP contribution in [-0.4, -0.2) is 5.84 Å². The summed E-state index contributed by atoms with van der Waals surface area (Å²) in [6.45, 7) is 0. The lowest BCUT2D eigenvalue weighted by Gasteiger charge is -2.32. The molecule has 47 heavy (non-hydrogen) atoms. The molecule has 8 aromatic rings. The molecule has 0 saturated carbocycles. The van der Waals surface area contributed by atoms with Crippen LogP contribution < -0.4 is 10.6 Å². The standard InChI is InChI=1S/C43H31N3O/c1-3-13-29(14-4-1)41-44-42(30-15-5-2-6-16-30)46-43(45-41)33-19-9-18-31(26-33)36-22-11-23-39-40(36)37-27-32(24-25-38(37)47-39)35-21-10-17-28-12-7-8-20-34(28)35/h1-27,41,43,45H,(H,44,46). The van der Waals surface area contributed by atoms with E-state index in [1.165, 1.54) is 21.9 Å². The number of benzene rings is 7. The molecule has 7 aromatic carbocycles. The van der Waals surface area contributed by atoms with Crippen LogP contribution >= 0.6 is 0 Å². The van der Waals surface area contributed by atoms with Crippen LogP contribution in [0.25, 0.3) is 55.0 Å². The zero-order valence-electron chi connectivity index (χ0n) is 25.6. The van der Waals surface area contributed by atoms with Gasteiger partial charge in [0.05, 0.1) is 0 Å². The first-order valence-corrected chi connectivity index (χ1v) is 16.0. The molecule has 0 spiro atoms. The SMILES string of the molecule is c1ccc(C2=NC(c3cccc(-c4cccc5oc6ccc(-c7cccc8ccccc78)cc6c45)c3)NC(c3ccccc3)N2)cc1. The highest BCUT2D eigenvalue weighted by Gasteiger charge is 2.26. The molecule has 0 amide bonds. The first kappa shape index (κ1) is 27.3. The van der Waals surface area contributed by atoms with E-state index >= 15 is 0 Å². The summed E-state index contributed by atoms with van der Waals surface area (Å²) in [4.78, 5) is 5.18. The number of fused-ring (bicyclic) bond motifs is 4. The van der Waals surface area contributed by atoms with Crippen LogP contribution in [0.5, 0.6) is 0 Å². The van der Waals surface area contributed by atoms with Crippen molar-refractivity contribution in [2.45, 2.75) is 12.3 Å². The van der Waals surface area contributed by atoms with Crippen molar-refractivity contribution in [3.63, 3.8) is 0 Å². The molecule has 2 unspecified atom stereocenters. The Bertz CT molecular complexity index is 2420. The summed E-state index contributed by atoms with van der Waals surface area (Å²) in [6.07, 6.45) is -0.332. The van der Waals surface area contributed by atoms with E-state index in [1.807, 2.05) is 12.1 Å². The van der Waals surface area contributed by atoms with E-state index in [2.05, 4.69) is 162 Å². The van der Waals surface area contributed by atoms with E-state index in [0.29, 0.717) is 0 Å². The van der Waals surface area contributed by atoms with Gasteiger partial charge < -0.3 is 9.73 Å². The van der Waals surface area contributed by atoms with E-state index in [9.17, 15) is 0 Å². The predicted octanol–water partition coefficient (Wildman–Crippen LogP) is 10.4. The predicted molar refractivity (Wildman–Crippen MR) is 193 cm³/mol. The molecule has 2 atom stereocenters. The Morgan fingerprint density at radius 1 is 0.489 bits per heavy atom. The van der Waals surface area contributed by atoms with Crippen molar-refractivity contribution in [3.8, 4) is 22.3 Å². The molecule has 4 heteroatoms. The summed E-state index contributed by atoms with van der Waals surface area (Å²) in [5, 5.41) is 12.1. The van der Waals surface area contributed by atoms with Crippen molar-refractivity contribution in [2.24, 2.45) is 4.99 Å². The molecule has 0 saturated heterocycles. The molecule has 1 aliphatic heterocycles. The molecule has 4 nitrogen and oxygen atoms in total. The van der Waals surface area contributed by atoms with Gasteiger partial charge in [-0.15, -0.1) is 0 Å². The third kappa shape index (κ3) is 4.96. The lowest BCUT2D eigenvalue weighted by Crippen LogP contribution is -2.44. The highest BCUT2D eigenvalue weighted by molar-refractivity contribution is 6.14. The number of rotatable bonds is 5. The van der Waals surface area contributed by atoms with Crippen molar-refractivity contribution in [1.82, 2.24) is 10.6 Å². The van der Waals surface area contributed by atoms with Crippen LogP contribution in [0, 0.1) is 0 Å². The van der Waals surface area contributed by atoms with Crippen LogP contribution in [0.15, 0.2) is 173 Å². The Kier molecular flexibility index (Phi) is 6.65. The lowest BCUT2D eigenvalue weighted by molar-refractivity contribution is 0.409. The minimum atomic E-state index is -0.241. The quantitative estimate of drug-likeness (QED) is 0.205. The summed E-state index contributed by atoms with van der Waals surface area (Å²) in [6, 6.07) is 57.5. The molecule has 0 radical (unpaired) electrons. The maximum Gasteiger partial charge on any atom is 0.136 e. The zero-order valence-corrected chi connectivity index (χ0v) is 25.6. The Hall–Kier alpha value is -5.97. The van der Waals surface area contributed by atoms with Gasteiger partial charge in [0.15, 0.2) is 0 Å². The van der Waals surface area contributed by atoms with E-state index in [1.54, 1.807) is 0 Å². The molecule has 224 valence electrons. The van der Waals surface area contributed by atoms with E-state index < -0.39 is 0 Å². The molecule has 1 aliphatic rings. The van der Waals surface area contributed by atoms with E-state index in [4.69, 9.17) is 9.41 Å². The van der Waals surface area contributed by atoms with Gasteiger partial charge >= 0.3 is 0 Å². The summed E-state index contributed by atoms with van der Waals surface area (Å²) in [7, 11) is 0. The molecular weight excluding hydrogens is 574 g/mol. The largest absolute Gasteiger partial charge is 0.456 e. The number of aliphatic imine (C=N–C) groups is 1. The fraction of sp³-hybridized carbons (Fsp3) is 0.0465. The summed E-state index contributed by atoms with van der Waals surface area (Å²) >= 11 is 0. The minimum Gasteiger partial charge on any atom is -0.456 e. The highest BCUT2D eigenvalue weighted by atomic mass is 16.3. The van der Waals surface area contributed by atoms with Crippen LogP contribution in [0.3, 0.4) is 0 Å². The second kappa shape index (κ2) is 11.4. The van der Waals surface area contributed by atoms with Gasteiger partial charge in [-0.2, -0.15) is 0 Å². The molecule has 0 aliphatic carbocycles. The highest BCUT2D eigenvalue weighted by Crippen LogP contribution is 2.40. The molecule has 0 bridgehead atoms. The van der Waals surface area contributed by atoms with Crippen molar-refractivity contribution in [3.05, 3.63) is 180 Å². The van der Waals surface area contributed by atoms with Gasteiger partial charge in [0.1, 0.15) is 29.3 Å². The smallest absolute Gasteiger partial charge is 0.136 e. The summed E-state index contributed by atoms with van der Waals surface area (Å²) < 4.78 is 6.42.